The van der Waals surface area contributed by atoms with Gasteiger partial charge < -0.3 is 9.90 Å². The Hall–Kier alpha value is -1.80. The van der Waals surface area contributed by atoms with Crippen molar-refractivity contribution < 1.29 is 36.2 Å². The Balaban J connectivity index is 3.29. The fourth-order valence-corrected chi connectivity index (χ4v) is 0.921. The number of alkyl halides is 5. The number of aromatic nitrogens is 1. The zero-order valence-corrected chi connectivity index (χ0v) is 7.69. The Labute approximate surface area is 89.7 Å². The van der Waals surface area contributed by atoms with Gasteiger partial charge in [0.1, 0.15) is 5.97 Å². The van der Waals surface area contributed by atoms with E-state index in [1.807, 2.05) is 0 Å². The van der Waals surface area contributed by atoms with Crippen LogP contribution < -0.4 is 5.11 Å². The second kappa shape index (κ2) is 3.90. The molecule has 0 amide bonds. The van der Waals surface area contributed by atoms with Crippen LogP contribution in [0.3, 0.4) is 0 Å². The van der Waals surface area contributed by atoms with Crippen molar-refractivity contribution in [1.82, 2.24) is 4.98 Å². The molecule has 0 bridgehead atoms. The van der Waals surface area contributed by atoms with E-state index in [2.05, 4.69) is 4.98 Å². The number of pyridine rings is 1. The first-order valence-electron chi connectivity index (χ1n) is 3.89. The van der Waals surface area contributed by atoms with E-state index in [0.717, 1.165) is 0 Å². The third kappa shape index (κ3) is 2.48. The van der Waals surface area contributed by atoms with E-state index in [0.29, 0.717) is 0 Å². The molecule has 0 aliphatic heterocycles. The second-order valence-electron chi connectivity index (χ2n) is 2.91. The average Bonchev–Trinajstić information content (AvgIpc) is 2.15. The number of rotatable bonds is 2. The number of hydrogen-bond donors (Lipinski definition) is 0. The van der Waals surface area contributed by atoms with Crippen LogP contribution in [0.4, 0.5) is 26.3 Å². The van der Waals surface area contributed by atoms with Gasteiger partial charge in [0.15, 0.2) is 11.5 Å². The largest absolute Gasteiger partial charge is 0.544 e. The molecule has 1 aromatic heterocycles. The Morgan fingerprint density at radius 1 is 1.24 bits per heavy atom. The fraction of sp³-hybridized carbons (Fsp3) is 0.250. The zero-order chi connectivity index (χ0) is 13.4. The minimum absolute atomic E-state index is 0.0880. The number of carbonyl (C=O) groups excluding carboxylic acids is 1. The maximum Gasteiger partial charge on any atom is 0.417 e. The molecular formula is C8H2F6NO2-. The van der Waals surface area contributed by atoms with Crippen LogP contribution in [-0.2, 0) is 16.9 Å². The molecule has 0 fully saturated rings. The Bertz CT molecular complexity index is 456. The first-order valence-corrected chi connectivity index (χ1v) is 3.89. The molecule has 0 spiro atoms. The zero-order valence-electron chi connectivity index (χ0n) is 7.69. The minimum Gasteiger partial charge on any atom is -0.544 e. The molecule has 94 valence electrons. The first kappa shape index (κ1) is 13.3. The molecule has 0 N–H and O–H groups in total. The summed E-state index contributed by atoms with van der Waals surface area (Å²) >= 11 is 0. The summed E-state index contributed by atoms with van der Waals surface area (Å²) in [6.07, 6.45) is -5.06. The fourth-order valence-electron chi connectivity index (χ4n) is 0.921. The van der Waals surface area contributed by atoms with E-state index in [1.165, 1.54) is 0 Å². The van der Waals surface area contributed by atoms with E-state index in [1.54, 1.807) is 0 Å². The van der Waals surface area contributed by atoms with Crippen molar-refractivity contribution in [2.24, 2.45) is 0 Å². The van der Waals surface area contributed by atoms with Gasteiger partial charge in [0, 0.05) is 6.20 Å². The molecule has 0 saturated heterocycles. The van der Waals surface area contributed by atoms with Crippen LogP contribution in [0.15, 0.2) is 12.3 Å². The van der Waals surface area contributed by atoms with Crippen LogP contribution in [0, 0.1) is 5.82 Å². The van der Waals surface area contributed by atoms with E-state index in [9.17, 15) is 36.2 Å². The van der Waals surface area contributed by atoms with Crippen molar-refractivity contribution in [2.45, 2.75) is 12.1 Å². The molecular weight excluding hydrogens is 256 g/mol. The molecule has 0 aliphatic carbocycles. The summed E-state index contributed by atoms with van der Waals surface area (Å²) < 4.78 is 74.4. The maximum atomic E-state index is 12.9. The molecule has 0 radical (unpaired) electrons. The lowest BCUT2D eigenvalue weighted by molar-refractivity contribution is -0.331. The molecule has 1 aromatic rings. The van der Waals surface area contributed by atoms with E-state index < -0.39 is 35.1 Å². The molecule has 0 saturated carbocycles. The smallest absolute Gasteiger partial charge is 0.417 e. The van der Waals surface area contributed by atoms with Gasteiger partial charge in [0.2, 0.25) is 0 Å². The number of aliphatic carboxylic acids is 1. The van der Waals surface area contributed by atoms with Crippen molar-refractivity contribution in [3.05, 3.63) is 29.3 Å². The van der Waals surface area contributed by atoms with Gasteiger partial charge in [-0.25, -0.2) is 4.39 Å². The molecule has 1 rings (SSSR count). The summed E-state index contributed by atoms with van der Waals surface area (Å²) in [4.78, 5) is 12.4. The summed E-state index contributed by atoms with van der Waals surface area (Å²) in [7, 11) is 0. The van der Waals surface area contributed by atoms with Crippen molar-refractivity contribution >= 4 is 5.97 Å². The lowest BCUT2D eigenvalue weighted by atomic mass is 10.1. The Kier molecular flexibility index (Phi) is 3.04. The summed E-state index contributed by atoms with van der Waals surface area (Å²) in [6.45, 7) is 0. The van der Waals surface area contributed by atoms with E-state index >= 15 is 0 Å². The summed E-state index contributed by atoms with van der Waals surface area (Å²) in [5.41, 5.74) is -3.53. The van der Waals surface area contributed by atoms with Crippen molar-refractivity contribution in [3.8, 4) is 0 Å². The maximum absolute atomic E-state index is 12.9. The van der Waals surface area contributed by atoms with Crippen LogP contribution in [0.2, 0.25) is 0 Å². The monoisotopic (exact) mass is 258 g/mol. The predicted octanol–water partition coefficient (Wildman–Crippen LogP) is 1.08. The van der Waals surface area contributed by atoms with E-state index in [4.69, 9.17) is 0 Å². The molecule has 0 aromatic carbocycles. The first-order chi connectivity index (χ1) is 7.56. The molecule has 9 heteroatoms. The summed E-state index contributed by atoms with van der Waals surface area (Å²) in [5.74, 6) is -9.83. The third-order valence-electron chi connectivity index (χ3n) is 1.72. The van der Waals surface area contributed by atoms with Crippen molar-refractivity contribution in [2.75, 3.05) is 0 Å². The topological polar surface area (TPSA) is 53.0 Å². The number of carboxylic acids is 1. The van der Waals surface area contributed by atoms with Gasteiger partial charge in [-0.2, -0.15) is 22.0 Å². The molecule has 0 unspecified atom stereocenters. The van der Waals surface area contributed by atoms with Gasteiger partial charge in [-0.15, -0.1) is 0 Å². The summed E-state index contributed by atoms with van der Waals surface area (Å²) in [6, 6.07) is -0.265. The third-order valence-corrected chi connectivity index (χ3v) is 1.72. The van der Waals surface area contributed by atoms with Crippen LogP contribution >= 0.6 is 0 Å². The average molecular weight is 258 g/mol. The van der Waals surface area contributed by atoms with E-state index in [-0.39, 0.29) is 12.3 Å². The predicted molar refractivity (Wildman–Crippen MR) is 38.1 cm³/mol. The van der Waals surface area contributed by atoms with Gasteiger partial charge >= 0.3 is 12.1 Å². The molecule has 0 aliphatic rings. The highest BCUT2D eigenvalue weighted by Crippen LogP contribution is 2.33. The molecule has 1 heterocycles. The highest BCUT2D eigenvalue weighted by Gasteiger charge is 2.40. The number of carboxylic acid groups (broad SMARTS) is 1. The lowest BCUT2D eigenvalue weighted by Gasteiger charge is -2.17. The summed E-state index contributed by atoms with van der Waals surface area (Å²) in [5, 5.41) is 9.97. The van der Waals surface area contributed by atoms with Gasteiger partial charge in [-0.05, 0) is 6.07 Å². The minimum atomic E-state index is -4.97. The van der Waals surface area contributed by atoms with Gasteiger partial charge in [0.25, 0.3) is 0 Å². The Morgan fingerprint density at radius 3 is 2.12 bits per heavy atom. The quantitative estimate of drug-likeness (QED) is 0.746. The second-order valence-corrected chi connectivity index (χ2v) is 2.91. The van der Waals surface area contributed by atoms with Crippen molar-refractivity contribution in [1.29, 1.82) is 0 Å². The van der Waals surface area contributed by atoms with Gasteiger partial charge in [-0.1, -0.05) is 0 Å². The van der Waals surface area contributed by atoms with Gasteiger partial charge in [0.05, 0.1) is 5.56 Å². The van der Waals surface area contributed by atoms with Gasteiger partial charge in [-0.3, -0.25) is 4.98 Å². The highest BCUT2D eigenvalue weighted by molar-refractivity contribution is 5.74. The molecule has 17 heavy (non-hydrogen) atoms. The van der Waals surface area contributed by atoms with Crippen LogP contribution in [0.1, 0.15) is 11.3 Å². The standard InChI is InChI=1S/C8H3F6NO2/c9-4-1-3(8(12,13)14)2-15-5(4)7(10,11)6(16)17/h1-2H,(H,16,17)/p-1. The van der Waals surface area contributed by atoms with Crippen LogP contribution in [0.25, 0.3) is 0 Å². The number of nitrogens with zero attached hydrogens (tertiary/aromatic N) is 1. The van der Waals surface area contributed by atoms with Crippen LogP contribution in [-0.4, -0.2) is 11.0 Å². The number of hydrogen-bond acceptors (Lipinski definition) is 3. The molecule has 3 nitrogen and oxygen atoms in total. The Morgan fingerprint density at radius 2 is 1.76 bits per heavy atom. The van der Waals surface area contributed by atoms with Crippen LogP contribution in [0.5, 0.6) is 0 Å². The number of halogens is 6. The van der Waals surface area contributed by atoms with Crippen molar-refractivity contribution in [3.63, 3.8) is 0 Å². The lowest BCUT2D eigenvalue weighted by Crippen LogP contribution is -2.40. The molecule has 0 atom stereocenters. The SMILES string of the molecule is O=C([O-])C(F)(F)c1ncc(C(F)(F)F)cc1F. The number of carbonyl (C=O) groups is 1. The highest BCUT2D eigenvalue weighted by atomic mass is 19.4. The normalized spacial score (nSPS) is 12.6.